The quantitative estimate of drug-likeness (QED) is 0.840. The van der Waals surface area contributed by atoms with Gasteiger partial charge in [0, 0.05) is 16.4 Å². The summed E-state index contributed by atoms with van der Waals surface area (Å²) in [5.74, 6) is 0. The highest BCUT2D eigenvalue weighted by Crippen LogP contribution is 2.35. The van der Waals surface area contributed by atoms with Gasteiger partial charge in [0.05, 0.1) is 4.90 Å². The van der Waals surface area contributed by atoms with Crippen molar-refractivity contribution in [2.75, 3.05) is 20.6 Å². The molecule has 1 aromatic rings. The molecule has 0 amide bonds. The number of rotatable bonds is 2. The first-order chi connectivity index (χ1) is 7.40. The summed E-state index contributed by atoms with van der Waals surface area (Å²) in [6, 6.07) is 5.26. The highest BCUT2D eigenvalue weighted by molar-refractivity contribution is 9.10. The van der Waals surface area contributed by atoms with E-state index in [1.165, 1.54) is 5.41 Å². The van der Waals surface area contributed by atoms with Gasteiger partial charge in [-0.3, -0.25) is 0 Å². The first-order valence-corrected chi connectivity index (χ1v) is 7.14. The van der Waals surface area contributed by atoms with Crippen LogP contribution in [0.4, 0.5) is 0 Å². The van der Waals surface area contributed by atoms with Crippen LogP contribution >= 0.6 is 15.9 Å². The van der Waals surface area contributed by atoms with Crippen molar-refractivity contribution in [3.63, 3.8) is 0 Å². The molecule has 1 aliphatic rings. The van der Waals surface area contributed by atoms with Gasteiger partial charge in [0.15, 0.2) is 0 Å². The van der Waals surface area contributed by atoms with E-state index in [2.05, 4.69) is 15.9 Å². The number of halogens is 1. The number of likely N-dealkylation sites (N-methyl/N-ethyl adjacent to an activating group) is 1. The molecule has 5 heteroatoms. The molecule has 0 aromatic heterocycles. The summed E-state index contributed by atoms with van der Waals surface area (Å²) in [5, 5.41) is 1.37. The van der Waals surface area contributed by atoms with Crippen LogP contribution in [0.1, 0.15) is 5.56 Å². The Bertz CT molecular complexity index is 561. The van der Waals surface area contributed by atoms with Crippen LogP contribution in [0, 0.1) is 0 Å². The summed E-state index contributed by atoms with van der Waals surface area (Å²) in [5.41, 5.74) is 1.66. The highest BCUT2D eigenvalue weighted by atomic mass is 79.9. The van der Waals surface area contributed by atoms with Crippen LogP contribution in [0.2, 0.25) is 0 Å². The van der Waals surface area contributed by atoms with Crippen LogP contribution in [-0.4, -0.2) is 34.0 Å². The molecule has 0 radical (unpaired) electrons. The van der Waals surface area contributed by atoms with Gasteiger partial charge in [-0.25, -0.2) is 8.42 Å². The average Bonchev–Trinajstić information content (AvgIpc) is 2.37. The van der Waals surface area contributed by atoms with Crippen LogP contribution in [0.15, 0.2) is 33.0 Å². The van der Waals surface area contributed by atoms with Crippen molar-refractivity contribution >= 4 is 31.3 Å². The molecular weight excluding hydrogens is 290 g/mol. The van der Waals surface area contributed by atoms with Crippen molar-refractivity contribution in [2.45, 2.75) is 4.90 Å². The minimum absolute atomic E-state index is 0.410. The smallest absolute Gasteiger partial charge is 0.200 e. The van der Waals surface area contributed by atoms with Crippen LogP contribution in [0.3, 0.4) is 0 Å². The SMILES string of the molecule is CN(C)CC1=CS(=O)(=O)c2ccc(Br)cc21. The van der Waals surface area contributed by atoms with E-state index in [0.29, 0.717) is 11.4 Å². The molecule has 0 aliphatic carbocycles. The summed E-state index contributed by atoms with van der Waals surface area (Å²) < 4.78 is 24.6. The van der Waals surface area contributed by atoms with E-state index in [9.17, 15) is 8.42 Å². The van der Waals surface area contributed by atoms with E-state index in [4.69, 9.17) is 0 Å². The van der Waals surface area contributed by atoms with Crippen molar-refractivity contribution < 1.29 is 8.42 Å². The Balaban J connectivity index is 2.57. The summed E-state index contributed by atoms with van der Waals surface area (Å²) in [4.78, 5) is 2.37. The van der Waals surface area contributed by atoms with Crippen molar-refractivity contribution in [3.8, 4) is 0 Å². The molecule has 0 atom stereocenters. The first kappa shape index (κ1) is 11.8. The van der Waals surface area contributed by atoms with Crippen molar-refractivity contribution in [1.29, 1.82) is 0 Å². The molecule has 0 N–H and O–H groups in total. The molecule has 1 heterocycles. The van der Waals surface area contributed by atoms with Gasteiger partial charge in [-0.15, -0.1) is 0 Å². The van der Waals surface area contributed by atoms with E-state index in [0.717, 1.165) is 15.6 Å². The lowest BCUT2D eigenvalue weighted by atomic mass is 10.1. The van der Waals surface area contributed by atoms with Gasteiger partial charge in [0.2, 0.25) is 9.84 Å². The molecule has 0 bridgehead atoms. The lowest BCUT2D eigenvalue weighted by molar-refractivity contribution is 0.463. The number of hydrogen-bond donors (Lipinski definition) is 0. The fraction of sp³-hybridized carbons (Fsp3) is 0.273. The third kappa shape index (κ3) is 2.07. The maximum Gasteiger partial charge on any atom is 0.200 e. The minimum Gasteiger partial charge on any atom is -0.305 e. The predicted molar refractivity (Wildman–Crippen MR) is 67.9 cm³/mol. The summed E-state index contributed by atoms with van der Waals surface area (Å²) in [7, 11) is 0.613. The highest BCUT2D eigenvalue weighted by Gasteiger charge is 2.26. The maximum atomic E-state index is 11.8. The van der Waals surface area contributed by atoms with Gasteiger partial charge in [-0.1, -0.05) is 15.9 Å². The number of nitrogens with zero attached hydrogens (tertiary/aromatic N) is 1. The third-order valence-corrected chi connectivity index (χ3v) is 4.44. The Kier molecular flexibility index (Phi) is 2.94. The van der Waals surface area contributed by atoms with Crippen molar-refractivity contribution in [1.82, 2.24) is 4.90 Å². The van der Waals surface area contributed by atoms with Crippen LogP contribution in [0.25, 0.3) is 5.57 Å². The average molecular weight is 302 g/mol. The zero-order valence-electron chi connectivity index (χ0n) is 9.07. The number of fused-ring (bicyclic) bond motifs is 1. The molecule has 2 rings (SSSR count). The maximum absolute atomic E-state index is 11.8. The molecule has 3 nitrogen and oxygen atoms in total. The second kappa shape index (κ2) is 3.98. The Morgan fingerprint density at radius 1 is 1.31 bits per heavy atom. The molecule has 1 aliphatic heterocycles. The van der Waals surface area contributed by atoms with Gasteiger partial charge >= 0.3 is 0 Å². The van der Waals surface area contributed by atoms with Crippen LogP contribution in [0.5, 0.6) is 0 Å². The molecule has 0 saturated carbocycles. The lowest BCUT2D eigenvalue weighted by Gasteiger charge is -2.11. The second-order valence-corrected chi connectivity index (χ2v) is 6.75. The Morgan fingerprint density at radius 2 is 2.00 bits per heavy atom. The van der Waals surface area contributed by atoms with Gasteiger partial charge < -0.3 is 4.90 Å². The zero-order chi connectivity index (χ0) is 11.9. The Hall–Kier alpha value is -0.650. The molecule has 16 heavy (non-hydrogen) atoms. The van der Waals surface area contributed by atoms with Gasteiger partial charge in [0.25, 0.3) is 0 Å². The van der Waals surface area contributed by atoms with Gasteiger partial charge in [0.1, 0.15) is 0 Å². The van der Waals surface area contributed by atoms with E-state index < -0.39 is 9.84 Å². The predicted octanol–water partition coefficient (Wildman–Crippen LogP) is 2.14. The standard InChI is InChI=1S/C11H12BrNO2S/c1-13(2)6-8-7-16(14,15)11-4-3-9(12)5-10(8)11/h3-5,7H,6H2,1-2H3. The fourth-order valence-corrected chi connectivity index (χ4v) is 3.60. The first-order valence-electron chi connectivity index (χ1n) is 4.80. The van der Waals surface area contributed by atoms with E-state index in [1.54, 1.807) is 12.1 Å². The zero-order valence-corrected chi connectivity index (χ0v) is 11.5. The van der Waals surface area contributed by atoms with Crippen molar-refractivity contribution in [3.05, 3.63) is 33.6 Å². The molecule has 0 saturated heterocycles. The van der Waals surface area contributed by atoms with E-state index in [1.807, 2.05) is 25.1 Å². The molecular formula is C11H12BrNO2S. The van der Waals surface area contributed by atoms with E-state index in [-0.39, 0.29) is 0 Å². The Labute approximate surface area is 104 Å². The van der Waals surface area contributed by atoms with Gasteiger partial charge in [-0.05, 0) is 43.4 Å². The largest absolute Gasteiger partial charge is 0.305 e. The molecule has 0 fully saturated rings. The van der Waals surface area contributed by atoms with Crippen molar-refractivity contribution in [2.24, 2.45) is 0 Å². The fourth-order valence-electron chi connectivity index (χ4n) is 1.78. The summed E-state index contributed by atoms with van der Waals surface area (Å²) in [6.07, 6.45) is 0. The number of hydrogen-bond acceptors (Lipinski definition) is 3. The molecule has 1 aromatic carbocycles. The topological polar surface area (TPSA) is 37.4 Å². The molecule has 0 spiro atoms. The second-order valence-electron chi connectivity index (χ2n) is 4.07. The van der Waals surface area contributed by atoms with Crippen LogP contribution in [-0.2, 0) is 9.84 Å². The summed E-state index contributed by atoms with van der Waals surface area (Å²) in [6.45, 7) is 0.628. The Morgan fingerprint density at radius 3 is 2.62 bits per heavy atom. The lowest BCUT2D eigenvalue weighted by Crippen LogP contribution is -2.13. The number of benzene rings is 1. The minimum atomic E-state index is -3.23. The summed E-state index contributed by atoms with van der Waals surface area (Å²) >= 11 is 3.36. The third-order valence-electron chi connectivity index (χ3n) is 2.38. The number of sulfone groups is 1. The monoisotopic (exact) mass is 301 g/mol. The van der Waals surface area contributed by atoms with Crippen LogP contribution < -0.4 is 0 Å². The normalized spacial score (nSPS) is 17.4. The van der Waals surface area contributed by atoms with E-state index >= 15 is 0 Å². The molecule has 0 unspecified atom stereocenters. The molecule has 86 valence electrons. The van der Waals surface area contributed by atoms with Gasteiger partial charge in [-0.2, -0.15) is 0 Å².